The standard InChI is InChI=1S/C74H139NO5/c1-3-5-7-9-11-13-15-17-18-36-39-43-46-50-54-58-62-66-72(77)71(70-76)75-73(78)67-63-59-55-51-47-44-40-37-34-32-30-28-26-24-22-20-19-21-23-25-27-29-31-33-35-38-41-45-49-53-57-61-65-69-80-74(79)68-64-60-56-52-48-42-16-14-12-10-8-6-4-2/h14,16,23,25,29,31,62,66,71-72,76-77H,3-13,15,17-22,24,26-28,30,32-61,63-65,67-70H2,1-2H3,(H,75,78)/b16-14-,25-23-,31-29-,66-62+. The summed E-state index contributed by atoms with van der Waals surface area (Å²) >= 11 is 0. The molecule has 0 aliphatic rings. The zero-order valence-corrected chi connectivity index (χ0v) is 53.8. The first kappa shape index (κ1) is 77.8. The number of ether oxygens (including phenoxy) is 1. The fourth-order valence-electron chi connectivity index (χ4n) is 11.1. The fourth-order valence-corrected chi connectivity index (χ4v) is 11.1. The Kier molecular flexibility index (Phi) is 67.4. The summed E-state index contributed by atoms with van der Waals surface area (Å²) in [5, 5.41) is 23.2. The van der Waals surface area contributed by atoms with Crippen molar-refractivity contribution in [2.75, 3.05) is 13.2 Å². The van der Waals surface area contributed by atoms with Crippen molar-refractivity contribution in [3.63, 3.8) is 0 Å². The highest BCUT2D eigenvalue weighted by atomic mass is 16.5. The second kappa shape index (κ2) is 69.3. The van der Waals surface area contributed by atoms with Crippen LogP contribution in [-0.4, -0.2) is 47.4 Å². The van der Waals surface area contributed by atoms with Crippen LogP contribution < -0.4 is 5.32 Å². The molecule has 0 bridgehead atoms. The molecule has 1 amide bonds. The van der Waals surface area contributed by atoms with Gasteiger partial charge in [-0.05, 0) is 89.9 Å². The van der Waals surface area contributed by atoms with Gasteiger partial charge in [-0.25, -0.2) is 0 Å². The number of hydrogen-bond acceptors (Lipinski definition) is 5. The quantitative estimate of drug-likeness (QED) is 0.0320. The van der Waals surface area contributed by atoms with Gasteiger partial charge >= 0.3 is 5.97 Å². The Hall–Kier alpha value is -2.18. The average Bonchev–Trinajstić information content (AvgIpc) is 3.46. The number of carbonyl (C=O) groups is 2. The largest absolute Gasteiger partial charge is 0.466 e. The zero-order chi connectivity index (χ0) is 57.8. The molecule has 0 rings (SSSR count). The van der Waals surface area contributed by atoms with Crippen molar-refractivity contribution in [3.05, 3.63) is 48.6 Å². The highest BCUT2D eigenvalue weighted by molar-refractivity contribution is 5.76. The predicted molar refractivity (Wildman–Crippen MR) is 352 cm³/mol. The van der Waals surface area contributed by atoms with Crippen LogP contribution in [0.1, 0.15) is 386 Å². The van der Waals surface area contributed by atoms with Gasteiger partial charge in [0.1, 0.15) is 0 Å². The van der Waals surface area contributed by atoms with Crippen LogP contribution in [0.3, 0.4) is 0 Å². The van der Waals surface area contributed by atoms with Gasteiger partial charge in [-0.15, -0.1) is 0 Å². The Balaban J connectivity index is 3.40. The first-order chi connectivity index (χ1) is 39.5. The van der Waals surface area contributed by atoms with Gasteiger partial charge in [0.05, 0.1) is 25.4 Å². The maximum Gasteiger partial charge on any atom is 0.305 e. The van der Waals surface area contributed by atoms with Crippen LogP contribution in [0.25, 0.3) is 0 Å². The van der Waals surface area contributed by atoms with E-state index in [9.17, 15) is 19.8 Å². The van der Waals surface area contributed by atoms with Gasteiger partial charge in [0.25, 0.3) is 0 Å². The minimum Gasteiger partial charge on any atom is -0.466 e. The Labute approximate surface area is 499 Å². The number of aliphatic hydroxyl groups is 2. The molecule has 0 aliphatic heterocycles. The summed E-state index contributed by atoms with van der Waals surface area (Å²) in [7, 11) is 0. The molecule has 3 N–H and O–H groups in total. The van der Waals surface area contributed by atoms with Crippen LogP contribution in [0.5, 0.6) is 0 Å². The molecule has 0 saturated heterocycles. The van der Waals surface area contributed by atoms with Gasteiger partial charge in [-0.1, -0.05) is 332 Å². The number of allylic oxidation sites excluding steroid dienone is 7. The Morgan fingerprint density at radius 3 is 0.975 bits per heavy atom. The topological polar surface area (TPSA) is 95.9 Å². The number of nitrogens with one attached hydrogen (secondary N) is 1. The van der Waals surface area contributed by atoms with Gasteiger partial charge < -0.3 is 20.3 Å². The number of rotatable bonds is 67. The lowest BCUT2D eigenvalue weighted by Crippen LogP contribution is -2.45. The Morgan fingerprint density at radius 1 is 0.350 bits per heavy atom. The lowest BCUT2D eigenvalue weighted by Gasteiger charge is -2.20. The SMILES string of the molecule is CCCCCC/C=C\CCCCCCCC(=O)OCCCCCCCCCCC/C=C\C/C=C\CCCCCCCCCCCCCCCCCCCC(=O)NC(CO)C(O)/C=C/CCCCCCCCCCCCCCCCC. The van der Waals surface area contributed by atoms with Gasteiger partial charge in [-0.2, -0.15) is 0 Å². The average molecular weight is 1120 g/mol. The van der Waals surface area contributed by atoms with Gasteiger partial charge in [0.15, 0.2) is 0 Å². The number of unbranched alkanes of at least 4 members (excludes halogenated alkanes) is 50. The molecule has 0 aliphatic carbocycles. The molecule has 0 fully saturated rings. The van der Waals surface area contributed by atoms with Crippen LogP contribution in [0, 0.1) is 0 Å². The molecule has 0 aromatic heterocycles. The second-order valence-electron chi connectivity index (χ2n) is 24.6. The predicted octanol–water partition coefficient (Wildman–Crippen LogP) is 23.3. The van der Waals surface area contributed by atoms with Crippen LogP contribution in [0.4, 0.5) is 0 Å². The molecule has 0 heterocycles. The molecule has 0 saturated carbocycles. The van der Waals surface area contributed by atoms with Crippen LogP contribution in [0.2, 0.25) is 0 Å². The number of amides is 1. The molecule has 0 aromatic rings. The van der Waals surface area contributed by atoms with E-state index in [1.54, 1.807) is 6.08 Å². The minimum absolute atomic E-state index is 0.00470. The van der Waals surface area contributed by atoms with E-state index < -0.39 is 12.1 Å². The third kappa shape index (κ3) is 65.0. The molecule has 2 unspecified atom stereocenters. The summed E-state index contributed by atoms with van der Waals surface area (Å²) < 4.78 is 5.48. The molecule has 0 radical (unpaired) electrons. The highest BCUT2D eigenvalue weighted by Gasteiger charge is 2.18. The van der Waals surface area contributed by atoms with E-state index in [-0.39, 0.29) is 18.5 Å². The summed E-state index contributed by atoms with van der Waals surface area (Å²) in [5.74, 6) is -0.0589. The molecular formula is C74H139NO5. The van der Waals surface area contributed by atoms with E-state index in [0.29, 0.717) is 19.4 Å². The first-order valence-electron chi connectivity index (χ1n) is 35.9. The molecule has 0 aromatic carbocycles. The van der Waals surface area contributed by atoms with E-state index in [4.69, 9.17) is 4.74 Å². The first-order valence-corrected chi connectivity index (χ1v) is 35.9. The third-order valence-electron chi connectivity index (χ3n) is 16.6. The maximum absolute atomic E-state index is 12.5. The minimum atomic E-state index is -0.844. The second-order valence-corrected chi connectivity index (χ2v) is 24.6. The Morgan fingerprint density at radius 2 is 0.625 bits per heavy atom. The molecular weight excluding hydrogens is 983 g/mol. The van der Waals surface area contributed by atoms with Crippen molar-refractivity contribution < 1.29 is 24.5 Å². The van der Waals surface area contributed by atoms with Crippen molar-refractivity contribution in [1.29, 1.82) is 0 Å². The van der Waals surface area contributed by atoms with E-state index >= 15 is 0 Å². The fraction of sp³-hybridized carbons (Fsp3) is 0.865. The van der Waals surface area contributed by atoms with Crippen molar-refractivity contribution >= 4 is 11.9 Å². The molecule has 6 heteroatoms. The van der Waals surface area contributed by atoms with Crippen LogP contribution in [0.15, 0.2) is 48.6 Å². The van der Waals surface area contributed by atoms with Crippen LogP contribution >= 0.6 is 0 Å². The Bertz CT molecular complexity index is 1340. The van der Waals surface area contributed by atoms with Gasteiger partial charge in [0, 0.05) is 12.8 Å². The number of hydrogen-bond donors (Lipinski definition) is 3. The van der Waals surface area contributed by atoms with E-state index in [1.807, 2.05) is 6.08 Å². The molecule has 80 heavy (non-hydrogen) atoms. The summed E-state index contributed by atoms with van der Waals surface area (Å²) in [5.41, 5.74) is 0. The van der Waals surface area contributed by atoms with Gasteiger partial charge in [-0.3, -0.25) is 9.59 Å². The third-order valence-corrected chi connectivity index (χ3v) is 16.6. The number of carbonyl (C=O) groups excluding carboxylic acids is 2. The normalized spacial score (nSPS) is 12.8. The van der Waals surface area contributed by atoms with Crippen molar-refractivity contribution in [1.82, 2.24) is 5.32 Å². The maximum atomic E-state index is 12.5. The monoisotopic (exact) mass is 1120 g/mol. The summed E-state index contributed by atoms with van der Waals surface area (Å²) in [6.07, 6.45) is 90.6. The highest BCUT2D eigenvalue weighted by Crippen LogP contribution is 2.18. The van der Waals surface area contributed by atoms with Gasteiger partial charge in [0.2, 0.25) is 5.91 Å². The number of aliphatic hydroxyl groups excluding tert-OH is 2. The zero-order valence-electron chi connectivity index (χ0n) is 53.8. The van der Waals surface area contributed by atoms with E-state index in [2.05, 4.69) is 55.6 Å². The summed E-state index contributed by atoms with van der Waals surface area (Å²) in [4.78, 5) is 24.5. The summed E-state index contributed by atoms with van der Waals surface area (Å²) in [6.45, 7) is 4.91. The van der Waals surface area contributed by atoms with E-state index in [1.165, 1.54) is 308 Å². The molecule has 6 nitrogen and oxygen atoms in total. The van der Waals surface area contributed by atoms with Crippen LogP contribution in [-0.2, 0) is 14.3 Å². The van der Waals surface area contributed by atoms with Crippen molar-refractivity contribution in [3.8, 4) is 0 Å². The van der Waals surface area contributed by atoms with E-state index in [0.717, 1.165) is 51.4 Å². The van der Waals surface area contributed by atoms with Crippen molar-refractivity contribution in [2.24, 2.45) is 0 Å². The lowest BCUT2D eigenvalue weighted by molar-refractivity contribution is -0.143. The molecule has 0 spiro atoms. The molecule has 2 atom stereocenters. The molecule has 470 valence electrons. The number of esters is 1. The lowest BCUT2D eigenvalue weighted by atomic mass is 10.0. The summed E-state index contributed by atoms with van der Waals surface area (Å²) in [6, 6.07) is -0.627. The van der Waals surface area contributed by atoms with Crippen molar-refractivity contribution in [2.45, 2.75) is 398 Å². The smallest absolute Gasteiger partial charge is 0.305 e.